The summed E-state index contributed by atoms with van der Waals surface area (Å²) in [5, 5.41) is 12.2. The third-order valence-electron chi connectivity index (χ3n) is 6.25. The fourth-order valence-electron chi connectivity index (χ4n) is 4.49. The Balaban J connectivity index is 1.44. The quantitative estimate of drug-likeness (QED) is 0.596. The van der Waals surface area contributed by atoms with E-state index in [0.29, 0.717) is 24.6 Å². The van der Waals surface area contributed by atoms with E-state index in [1.54, 1.807) is 0 Å². The van der Waals surface area contributed by atoms with Gasteiger partial charge >= 0.3 is 12.1 Å². The zero-order valence-corrected chi connectivity index (χ0v) is 20.1. The predicted molar refractivity (Wildman–Crippen MR) is 131 cm³/mol. The highest BCUT2D eigenvalue weighted by molar-refractivity contribution is 7.99. The van der Waals surface area contributed by atoms with Crippen LogP contribution in [0.2, 0.25) is 0 Å². The Kier molecular flexibility index (Phi) is 7.43. The van der Waals surface area contributed by atoms with Gasteiger partial charge < -0.3 is 25.0 Å². The normalized spacial score (nSPS) is 17.9. The minimum absolute atomic E-state index is 0.0829. The zero-order valence-electron chi connectivity index (χ0n) is 19.3. The van der Waals surface area contributed by atoms with Gasteiger partial charge in [-0.05, 0) is 49.3 Å². The number of carboxylic acids is 1. The van der Waals surface area contributed by atoms with E-state index in [0.717, 1.165) is 22.3 Å². The molecule has 2 aromatic rings. The van der Waals surface area contributed by atoms with Crippen molar-refractivity contribution >= 4 is 29.7 Å². The van der Waals surface area contributed by atoms with Crippen LogP contribution in [0.4, 0.5) is 4.79 Å². The molecule has 4 rings (SSSR count). The molecule has 1 saturated heterocycles. The van der Waals surface area contributed by atoms with Gasteiger partial charge in [-0.3, -0.25) is 4.79 Å². The first-order valence-electron chi connectivity index (χ1n) is 11.2. The predicted octanol–water partition coefficient (Wildman–Crippen LogP) is 2.83. The Morgan fingerprint density at radius 2 is 1.74 bits per heavy atom. The number of alkyl carbamates (subject to hydrolysis) is 1. The van der Waals surface area contributed by atoms with Gasteiger partial charge in [-0.1, -0.05) is 48.5 Å². The average molecular weight is 484 g/mol. The Bertz CT molecular complexity index is 1030. The van der Waals surface area contributed by atoms with Crippen LogP contribution in [0.3, 0.4) is 0 Å². The molecule has 34 heavy (non-hydrogen) atoms. The number of ether oxygens (including phenoxy) is 1. The molecule has 180 valence electrons. The van der Waals surface area contributed by atoms with E-state index in [9.17, 15) is 19.5 Å². The molecule has 0 bridgehead atoms. The molecular weight excluding hydrogens is 454 g/mol. The first-order valence-corrected chi connectivity index (χ1v) is 12.4. The van der Waals surface area contributed by atoms with Gasteiger partial charge in [-0.2, -0.15) is 0 Å². The zero-order chi connectivity index (χ0) is 24.2. The highest BCUT2D eigenvalue weighted by atomic mass is 32.2. The summed E-state index contributed by atoms with van der Waals surface area (Å²) in [6.07, 6.45) is -0.332. The van der Waals surface area contributed by atoms with Gasteiger partial charge in [0.15, 0.2) is 0 Å². The minimum Gasteiger partial charge on any atom is -0.480 e. The molecule has 1 aliphatic carbocycles. The maximum absolute atomic E-state index is 13.2. The Labute approximate surface area is 203 Å². The van der Waals surface area contributed by atoms with E-state index in [-0.39, 0.29) is 12.5 Å². The molecule has 9 heteroatoms. The molecule has 2 aliphatic rings. The third kappa shape index (κ3) is 5.05. The van der Waals surface area contributed by atoms with Gasteiger partial charge in [0.2, 0.25) is 5.91 Å². The van der Waals surface area contributed by atoms with Crippen LogP contribution in [0.15, 0.2) is 48.5 Å². The lowest BCUT2D eigenvalue weighted by Crippen LogP contribution is -2.53. The number of carboxylic acid groups (broad SMARTS) is 1. The number of fused-ring (bicyclic) bond motifs is 3. The van der Waals surface area contributed by atoms with Crippen molar-refractivity contribution < 1.29 is 24.2 Å². The molecule has 1 aliphatic heterocycles. The van der Waals surface area contributed by atoms with E-state index in [1.807, 2.05) is 55.4 Å². The molecule has 1 fully saturated rings. The van der Waals surface area contributed by atoms with Crippen molar-refractivity contribution in [2.75, 3.05) is 38.9 Å². The Hall–Kier alpha value is -3.04. The molecule has 2 unspecified atom stereocenters. The number of benzene rings is 2. The van der Waals surface area contributed by atoms with Crippen LogP contribution in [-0.2, 0) is 14.3 Å². The van der Waals surface area contributed by atoms with E-state index in [4.69, 9.17) is 4.74 Å². The number of thioether (sulfide) groups is 1. The summed E-state index contributed by atoms with van der Waals surface area (Å²) in [5.74, 6) is -0.883. The lowest BCUT2D eigenvalue weighted by molar-refractivity contribution is -0.148. The maximum Gasteiger partial charge on any atom is 0.407 e. The van der Waals surface area contributed by atoms with Crippen LogP contribution in [0.1, 0.15) is 23.5 Å². The van der Waals surface area contributed by atoms with Crippen molar-refractivity contribution in [3.63, 3.8) is 0 Å². The van der Waals surface area contributed by atoms with Crippen LogP contribution >= 0.6 is 11.8 Å². The first kappa shape index (κ1) is 24.1. The Morgan fingerprint density at radius 3 is 2.32 bits per heavy atom. The van der Waals surface area contributed by atoms with E-state index >= 15 is 0 Å². The summed E-state index contributed by atoms with van der Waals surface area (Å²) in [5.41, 5.74) is 4.49. The second-order valence-corrected chi connectivity index (χ2v) is 9.78. The van der Waals surface area contributed by atoms with Gasteiger partial charge in [0.25, 0.3) is 0 Å². The van der Waals surface area contributed by atoms with Gasteiger partial charge in [0.1, 0.15) is 18.7 Å². The molecule has 0 radical (unpaired) electrons. The lowest BCUT2D eigenvalue weighted by Gasteiger charge is -2.27. The standard InChI is InChI=1S/C25H29N3O5S/c1-27(2)12-11-21(23(29)28-15-34-14-22(28)24(30)31)26-25(32)33-13-20-18-9-5-3-7-16(18)17-8-4-6-10-19(17)20/h3-10,20-22H,11-15H2,1-2H3,(H,26,32)(H,30,31). The number of amides is 2. The van der Waals surface area contributed by atoms with Crippen LogP contribution in [-0.4, -0.2) is 83.8 Å². The van der Waals surface area contributed by atoms with E-state index in [2.05, 4.69) is 17.4 Å². The summed E-state index contributed by atoms with van der Waals surface area (Å²) in [4.78, 5) is 40.7. The second-order valence-electron chi connectivity index (χ2n) is 8.78. The summed E-state index contributed by atoms with van der Waals surface area (Å²) >= 11 is 1.39. The van der Waals surface area contributed by atoms with Gasteiger partial charge in [0, 0.05) is 11.7 Å². The fraction of sp³-hybridized carbons (Fsp3) is 0.400. The van der Waals surface area contributed by atoms with Crippen molar-refractivity contribution in [1.29, 1.82) is 0 Å². The maximum atomic E-state index is 13.2. The average Bonchev–Trinajstić information content (AvgIpc) is 3.43. The topological polar surface area (TPSA) is 99.2 Å². The van der Waals surface area contributed by atoms with Crippen LogP contribution in [0, 0.1) is 0 Å². The van der Waals surface area contributed by atoms with Gasteiger partial charge in [-0.25, -0.2) is 9.59 Å². The van der Waals surface area contributed by atoms with Gasteiger partial charge in [0.05, 0.1) is 5.88 Å². The van der Waals surface area contributed by atoms with Crippen molar-refractivity contribution in [3.8, 4) is 11.1 Å². The second kappa shape index (κ2) is 10.5. The summed E-state index contributed by atoms with van der Waals surface area (Å²) in [6, 6.07) is 14.4. The summed E-state index contributed by atoms with van der Waals surface area (Å²) < 4.78 is 5.61. The minimum atomic E-state index is -1.04. The third-order valence-corrected chi connectivity index (χ3v) is 7.26. The summed E-state index contributed by atoms with van der Waals surface area (Å²) in [7, 11) is 3.75. The monoisotopic (exact) mass is 483 g/mol. The number of carbonyl (C=O) groups excluding carboxylic acids is 2. The highest BCUT2D eigenvalue weighted by Gasteiger charge is 2.38. The van der Waals surface area contributed by atoms with Crippen molar-refractivity contribution in [1.82, 2.24) is 15.1 Å². The number of hydrogen-bond donors (Lipinski definition) is 2. The number of rotatable bonds is 8. The Morgan fingerprint density at radius 1 is 1.12 bits per heavy atom. The molecule has 2 aromatic carbocycles. The molecule has 2 atom stereocenters. The highest BCUT2D eigenvalue weighted by Crippen LogP contribution is 2.44. The molecule has 2 N–H and O–H groups in total. The van der Waals surface area contributed by atoms with Crippen molar-refractivity contribution in [2.45, 2.75) is 24.4 Å². The van der Waals surface area contributed by atoms with Crippen LogP contribution in [0.5, 0.6) is 0 Å². The summed E-state index contributed by atoms with van der Waals surface area (Å²) in [6.45, 7) is 0.699. The molecule has 8 nitrogen and oxygen atoms in total. The number of carbonyl (C=O) groups is 3. The largest absolute Gasteiger partial charge is 0.480 e. The SMILES string of the molecule is CN(C)CCC(NC(=O)OCC1c2ccccc2-c2ccccc21)C(=O)N1CSCC1C(=O)O. The smallest absolute Gasteiger partial charge is 0.407 e. The molecule has 0 saturated carbocycles. The van der Waals surface area contributed by atoms with E-state index < -0.39 is 30.1 Å². The van der Waals surface area contributed by atoms with Crippen molar-refractivity contribution in [3.05, 3.63) is 59.7 Å². The number of hydrogen-bond acceptors (Lipinski definition) is 6. The molecule has 0 aromatic heterocycles. The molecule has 0 spiro atoms. The van der Waals surface area contributed by atoms with E-state index in [1.165, 1.54) is 16.7 Å². The molecule has 1 heterocycles. The van der Waals surface area contributed by atoms with Gasteiger partial charge in [-0.15, -0.1) is 11.8 Å². The molecular formula is C25H29N3O5S. The van der Waals surface area contributed by atoms with Crippen LogP contribution in [0.25, 0.3) is 11.1 Å². The number of aliphatic carboxylic acids is 1. The van der Waals surface area contributed by atoms with Crippen LogP contribution < -0.4 is 5.32 Å². The van der Waals surface area contributed by atoms with Crippen molar-refractivity contribution in [2.24, 2.45) is 0 Å². The number of nitrogens with zero attached hydrogens (tertiary/aromatic N) is 2. The lowest BCUT2D eigenvalue weighted by atomic mass is 9.98. The molecule has 2 amide bonds. The number of nitrogens with one attached hydrogen (secondary N) is 1. The first-order chi connectivity index (χ1) is 16.4. The fourth-order valence-corrected chi connectivity index (χ4v) is 5.65.